The molecule has 2 aliphatic rings. The van der Waals surface area contributed by atoms with Crippen LogP contribution in [-0.2, 0) is 23.9 Å². The van der Waals surface area contributed by atoms with Crippen molar-refractivity contribution < 1.29 is 32.2 Å². The second-order valence-electron chi connectivity index (χ2n) is 11.5. The van der Waals surface area contributed by atoms with Crippen molar-refractivity contribution in [3.05, 3.63) is 81.6 Å². The Morgan fingerprint density at radius 1 is 0.958 bits per heavy atom. The molecule has 1 aliphatic heterocycles. The number of aromatic nitrogens is 3. The van der Waals surface area contributed by atoms with Gasteiger partial charge in [-0.05, 0) is 42.0 Å². The molecule has 6 rings (SSSR count). The lowest BCUT2D eigenvalue weighted by Gasteiger charge is -2.20. The molecule has 4 aromatic rings. The van der Waals surface area contributed by atoms with Gasteiger partial charge in [-0.2, -0.15) is 18.2 Å². The molecule has 0 saturated carbocycles. The number of aldehydes is 1. The summed E-state index contributed by atoms with van der Waals surface area (Å²) >= 11 is 7.05. The van der Waals surface area contributed by atoms with E-state index < -0.39 is 29.4 Å². The number of hydrogen-bond acceptors (Lipinski definition) is 9. The van der Waals surface area contributed by atoms with Crippen LogP contribution in [0.4, 0.5) is 19.0 Å². The zero-order valence-electron chi connectivity index (χ0n) is 26.1. The van der Waals surface area contributed by atoms with E-state index in [2.05, 4.69) is 25.9 Å². The number of benzene rings is 2. The van der Waals surface area contributed by atoms with Crippen LogP contribution in [-0.4, -0.2) is 54.0 Å². The summed E-state index contributed by atoms with van der Waals surface area (Å²) in [6, 6.07) is 14.7. The number of pyridine rings is 1. The van der Waals surface area contributed by atoms with Gasteiger partial charge in [-0.1, -0.05) is 54.1 Å². The zero-order valence-corrected chi connectivity index (χ0v) is 26.8. The summed E-state index contributed by atoms with van der Waals surface area (Å²) in [7, 11) is 2.76. The fourth-order valence-electron chi connectivity index (χ4n) is 6.26. The second kappa shape index (κ2) is 13.8. The van der Waals surface area contributed by atoms with Crippen LogP contribution in [0.25, 0.3) is 22.4 Å². The Labute approximate surface area is 279 Å². The number of methoxy groups -OCH3 is 2. The van der Waals surface area contributed by atoms with Gasteiger partial charge >= 0.3 is 6.18 Å². The van der Waals surface area contributed by atoms with Gasteiger partial charge in [-0.15, -0.1) is 0 Å². The first-order chi connectivity index (χ1) is 23.1. The van der Waals surface area contributed by atoms with E-state index in [1.54, 1.807) is 7.11 Å². The lowest BCUT2D eigenvalue weighted by molar-refractivity contribution is -0.140. The first kappa shape index (κ1) is 33.2. The summed E-state index contributed by atoms with van der Waals surface area (Å²) in [5.74, 6) is -0.299. The third kappa shape index (κ3) is 6.65. The molecule has 0 unspecified atom stereocenters. The maximum Gasteiger partial charge on any atom is 0.437 e. The molecule has 1 fully saturated rings. The largest absolute Gasteiger partial charge is 0.481 e. The van der Waals surface area contributed by atoms with Crippen LogP contribution in [0.5, 0.6) is 11.8 Å². The van der Waals surface area contributed by atoms with E-state index in [4.69, 9.17) is 26.1 Å². The minimum atomic E-state index is -4.85. The van der Waals surface area contributed by atoms with Crippen LogP contribution in [0.2, 0.25) is 5.02 Å². The van der Waals surface area contributed by atoms with E-state index in [-0.39, 0.29) is 24.1 Å². The standard InChI is InChI=1S/C34H32ClF3N6O4/c1-47-32-18(15-39-16-19-10-14-28(46)40-19)9-12-26(43-32)24-8-4-7-23(29(24)35)20-5-3-6-22-21(20)11-13-25(22)42-31-30(34(36,37)38)41-27(17-45)33(44-31)48-2/h3-9,12,17,19,25,39H,10-11,13-16H2,1-2H3,(H,40,46)(H,42,44)/t19-,25-/m0/s1. The number of carbonyl (C=O) groups is 2. The first-order valence-corrected chi connectivity index (χ1v) is 15.7. The number of carbonyl (C=O) groups excluding carboxylic acids is 2. The van der Waals surface area contributed by atoms with Gasteiger partial charge in [0.25, 0.3) is 0 Å². The van der Waals surface area contributed by atoms with Gasteiger partial charge in [0.1, 0.15) is 0 Å². The Morgan fingerprint density at radius 2 is 1.71 bits per heavy atom. The predicted molar refractivity (Wildman–Crippen MR) is 173 cm³/mol. The normalized spacial score (nSPS) is 17.2. The van der Waals surface area contributed by atoms with E-state index in [1.165, 1.54) is 7.11 Å². The first-order valence-electron chi connectivity index (χ1n) is 15.3. The van der Waals surface area contributed by atoms with Crippen molar-refractivity contribution in [2.24, 2.45) is 0 Å². The van der Waals surface area contributed by atoms with E-state index in [0.717, 1.165) is 34.2 Å². The lowest BCUT2D eigenvalue weighted by atomic mass is 9.94. The topological polar surface area (TPSA) is 127 Å². The van der Waals surface area contributed by atoms with E-state index in [1.807, 2.05) is 48.5 Å². The molecule has 1 saturated heterocycles. The Morgan fingerprint density at radius 3 is 2.42 bits per heavy atom. The molecule has 1 amide bonds. The highest BCUT2D eigenvalue weighted by molar-refractivity contribution is 6.36. The third-order valence-electron chi connectivity index (χ3n) is 8.53. The fourth-order valence-corrected chi connectivity index (χ4v) is 6.58. The van der Waals surface area contributed by atoms with Crippen LogP contribution >= 0.6 is 11.6 Å². The van der Waals surface area contributed by atoms with Gasteiger partial charge in [0.15, 0.2) is 23.5 Å². The number of ether oxygens (including phenoxy) is 2. The number of halogens is 4. The SMILES string of the molecule is COc1nc(-c2cccc(-c3cccc4c3CC[C@@H]4Nc3nc(OC)c(C=O)nc3C(F)(F)F)c2Cl)ccc1CNC[C@@H]1CCC(=O)N1. The number of nitrogens with zero attached hydrogens (tertiary/aromatic N) is 3. The fraction of sp³-hybridized carbons (Fsp3) is 0.324. The molecule has 3 N–H and O–H groups in total. The summed E-state index contributed by atoms with van der Waals surface area (Å²) in [6.07, 6.45) is -2.27. The summed E-state index contributed by atoms with van der Waals surface area (Å²) in [5.41, 5.74) is 3.69. The van der Waals surface area contributed by atoms with Crippen molar-refractivity contribution in [2.45, 2.75) is 50.5 Å². The molecule has 10 nitrogen and oxygen atoms in total. The number of hydrogen-bond donors (Lipinski definition) is 3. The smallest absolute Gasteiger partial charge is 0.437 e. The van der Waals surface area contributed by atoms with Crippen molar-refractivity contribution in [1.29, 1.82) is 0 Å². The number of alkyl halides is 3. The minimum absolute atomic E-state index is 0.0686. The number of anilines is 1. The van der Waals surface area contributed by atoms with Crippen molar-refractivity contribution in [3.63, 3.8) is 0 Å². The van der Waals surface area contributed by atoms with Crippen molar-refractivity contribution in [1.82, 2.24) is 25.6 Å². The molecule has 48 heavy (non-hydrogen) atoms. The van der Waals surface area contributed by atoms with Gasteiger partial charge in [-0.3, -0.25) is 9.59 Å². The molecular weight excluding hydrogens is 649 g/mol. The number of rotatable bonds is 11. The minimum Gasteiger partial charge on any atom is -0.481 e. The van der Waals surface area contributed by atoms with Crippen LogP contribution in [0.15, 0.2) is 48.5 Å². The van der Waals surface area contributed by atoms with Crippen LogP contribution < -0.4 is 25.4 Å². The van der Waals surface area contributed by atoms with Crippen molar-refractivity contribution >= 4 is 29.6 Å². The van der Waals surface area contributed by atoms with Gasteiger partial charge in [0.2, 0.25) is 17.7 Å². The molecule has 2 atom stereocenters. The Hall–Kier alpha value is -4.75. The molecule has 0 radical (unpaired) electrons. The van der Waals surface area contributed by atoms with Gasteiger partial charge in [0.05, 0.1) is 31.0 Å². The molecule has 0 spiro atoms. The average Bonchev–Trinajstić information content (AvgIpc) is 3.69. The summed E-state index contributed by atoms with van der Waals surface area (Å²) in [6.45, 7) is 1.14. The molecule has 2 aromatic heterocycles. The lowest BCUT2D eigenvalue weighted by Crippen LogP contribution is -2.35. The van der Waals surface area contributed by atoms with Crippen LogP contribution in [0.1, 0.15) is 58.2 Å². The summed E-state index contributed by atoms with van der Waals surface area (Å²) in [4.78, 5) is 35.0. The van der Waals surface area contributed by atoms with E-state index >= 15 is 0 Å². The van der Waals surface area contributed by atoms with Crippen LogP contribution in [0.3, 0.4) is 0 Å². The number of fused-ring (bicyclic) bond motifs is 1. The molecule has 1 aliphatic carbocycles. The zero-order chi connectivity index (χ0) is 34.0. The molecular formula is C34H32ClF3N6O4. The quantitative estimate of drug-likeness (QED) is 0.159. The number of amides is 1. The molecule has 3 heterocycles. The summed E-state index contributed by atoms with van der Waals surface area (Å²) in [5, 5.41) is 9.68. The highest BCUT2D eigenvalue weighted by Crippen LogP contribution is 2.44. The highest BCUT2D eigenvalue weighted by atomic mass is 35.5. The van der Waals surface area contributed by atoms with E-state index in [9.17, 15) is 22.8 Å². The summed E-state index contributed by atoms with van der Waals surface area (Å²) < 4.78 is 52.4. The molecule has 250 valence electrons. The molecule has 14 heteroatoms. The Kier molecular flexibility index (Phi) is 9.51. The third-order valence-corrected chi connectivity index (χ3v) is 8.94. The van der Waals surface area contributed by atoms with Crippen LogP contribution in [0, 0.1) is 0 Å². The average molecular weight is 681 g/mol. The monoisotopic (exact) mass is 680 g/mol. The molecule has 0 bridgehead atoms. The van der Waals surface area contributed by atoms with E-state index in [0.29, 0.717) is 54.5 Å². The van der Waals surface area contributed by atoms with Crippen molar-refractivity contribution in [3.8, 4) is 34.1 Å². The second-order valence-corrected chi connectivity index (χ2v) is 11.9. The van der Waals surface area contributed by atoms with Gasteiger partial charge in [0, 0.05) is 42.2 Å². The Balaban J connectivity index is 1.27. The number of nitrogens with one attached hydrogen (secondary N) is 3. The maximum absolute atomic E-state index is 13.9. The van der Waals surface area contributed by atoms with Gasteiger partial charge in [-0.25, -0.2) is 9.97 Å². The molecule has 2 aromatic carbocycles. The van der Waals surface area contributed by atoms with Crippen molar-refractivity contribution in [2.75, 3.05) is 26.1 Å². The van der Waals surface area contributed by atoms with Gasteiger partial charge < -0.3 is 25.4 Å². The maximum atomic E-state index is 13.9. The Bertz CT molecular complexity index is 1870. The highest BCUT2D eigenvalue weighted by Gasteiger charge is 2.39. The predicted octanol–water partition coefficient (Wildman–Crippen LogP) is 6.18.